The summed E-state index contributed by atoms with van der Waals surface area (Å²) in [7, 11) is 0. The molecule has 1 aliphatic heterocycles. The summed E-state index contributed by atoms with van der Waals surface area (Å²) in [4.78, 5) is 14.0. The Morgan fingerprint density at radius 1 is 1.41 bits per heavy atom. The number of hydrogen-bond acceptors (Lipinski definition) is 7. The topological polar surface area (TPSA) is 91.2 Å². The third-order valence-electron chi connectivity index (χ3n) is 4.34. The Balaban J connectivity index is 1.61. The minimum atomic E-state index is -0.205. The van der Waals surface area contributed by atoms with Crippen LogP contribution in [0.4, 0.5) is 0 Å². The summed E-state index contributed by atoms with van der Waals surface area (Å²) in [6, 6.07) is 3.60. The molecule has 1 N–H and O–H groups in total. The normalized spacial score (nSPS) is 13.1. The first-order chi connectivity index (χ1) is 13.0. The molecular formula is C17H16ClN5O3S. The summed E-state index contributed by atoms with van der Waals surface area (Å²) >= 11 is 7.66. The molecule has 0 spiro atoms. The van der Waals surface area contributed by atoms with Crippen LogP contribution in [0.2, 0.25) is 5.02 Å². The maximum atomic E-state index is 12.9. The van der Waals surface area contributed by atoms with Crippen LogP contribution in [0, 0.1) is 13.8 Å². The number of thiophene rings is 1. The number of hydrogen-bond donors (Lipinski definition) is 1. The lowest BCUT2D eigenvalue weighted by Crippen LogP contribution is -2.25. The second-order valence-electron chi connectivity index (χ2n) is 6.06. The van der Waals surface area contributed by atoms with Crippen molar-refractivity contribution in [3.05, 3.63) is 50.6 Å². The SMILES string of the molecule is Cc1sc(-n2cnnn2)c(C(=O)NCc2cc(Cl)cc3c2OCOC3)c1C. The van der Waals surface area contributed by atoms with Crippen LogP contribution < -0.4 is 10.1 Å². The van der Waals surface area contributed by atoms with E-state index in [1.54, 1.807) is 6.07 Å². The van der Waals surface area contributed by atoms with Gasteiger partial charge in [0.05, 0.1) is 12.2 Å². The van der Waals surface area contributed by atoms with Crippen LogP contribution in [-0.2, 0) is 17.9 Å². The standard InChI is InChI=1S/C17H16ClN5O3S/c1-9-10(2)27-17(23-7-20-21-22-23)14(9)16(24)19-5-11-3-13(18)4-12-6-25-8-26-15(11)12/h3-4,7H,5-6,8H2,1-2H3,(H,19,24). The van der Waals surface area contributed by atoms with Gasteiger partial charge in [0.2, 0.25) is 0 Å². The van der Waals surface area contributed by atoms with Crippen LogP contribution >= 0.6 is 22.9 Å². The molecule has 0 saturated heterocycles. The number of nitrogens with zero attached hydrogens (tertiary/aromatic N) is 4. The van der Waals surface area contributed by atoms with E-state index >= 15 is 0 Å². The Kier molecular flexibility index (Phi) is 4.81. The first-order valence-electron chi connectivity index (χ1n) is 8.18. The molecule has 1 aliphatic rings. The smallest absolute Gasteiger partial charge is 0.254 e. The number of carbonyl (C=O) groups is 1. The zero-order valence-corrected chi connectivity index (χ0v) is 16.2. The monoisotopic (exact) mass is 405 g/mol. The van der Waals surface area contributed by atoms with E-state index in [0.29, 0.717) is 27.9 Å². The fraction of sp³-hybridized carbons (Fsp3) is 0.294. The predicted molar refractivity (Wildman–Crippen MR) is 99.4 cm³/mol. The van der Waals surface area contributed by atoms with E-state index in [1.807, 2.05) is 19.9 Å². The largest absolute Gasteiger partial charge is 0.467 e. The summed E-state index contributed by atoms with van der Waals surface area (Å²) in [5.41, 5.74) is 3.14. The summed E-state index contributed by atoms with van der Waals surface area (Å²) in [6.45, 7) is 4.78. The Bertz CT molecular complexity index is 1000. The van der Waals surface area contributed by atoms with Gasteiger partial charge in [0.1, 0.15) is 17.1 Å². The molecule has 1 amide bonds. The number of aryl methyl sites for hydroxylation is 1. The summed E-state index contributed by atoms with van der Waals surface area (Å²) in [5, 5.41) is 15.4. The number of fused-ring (bicyclic) bond motifs is 1. The second kappa shape index (κ2) is 7.26. The van der Waals surface area contributed by atoms with Gasteiger partial charge in [-0.15, -0.1) is 16.4 Å². The highest BCUT2D eigenvalue weighted by Crippen LogP contribution is 2.33. The van der Waals surface area contributed by atoms with E-state index in [1.165, 1.54) is 22.3 Å². The van der Waals surface area contributed by atoms with Gasteiger partial charge >= 0.3 is 0 Å². The predicted octanol–water partition coefficient (Wildman–Crippen LogP) is 2.79. The molecule has 2 aromatic heterocycles. The molecular weight excluding hydrogens is 390 g/mol. The summed E-state index contributed by atoms with van der Waals surface area (Å²) in [6.07, 6.45) is 1.47. The molecule has 0 atom stereocenters. The fourth-order valence-corrected chi connectivity index (χ4v) is 4.28. The number of amides is 1. The molecule has 0 fully saturated rings. The third kappa shape index (κ3) is 3.41. The lowest BCUT2D eigenvalue weighted by atomic mass is 10.1. The van der Waals surface area contributed by atoms with Crippen molar-refractivity contribution in [2.75, 3.05) is 6.79 Å². The Hall–Kier alpha value is -2.49. The van der Waals surface area contributed by atoms with Crippen LogP contribution in [0.1, 0.15) is 31.9 Å². The fourth-order valence-electron chi connectivity index (χ4n) is 2.94. The first-order valence-corrected chi connectivity index (χ1v) is 9.37. The Morgan fingerprint density at radius 3 is 3.04 bits per heavy atom. The Morgan fingerprint density at radius 2 is 2.26 bits per heavy atom. The van der Waals surface area contributed by atoms with E-state index in [4.69, 9.17) is 21.1 Å². The van der Waals surface area contributed by atoms with Gasteiger partial charge in [0.25, 0.3) is 5.91 Å². The van der Waals surface area contributed by atoms with Crippen LogP contribution in [0.15, 0.2) is 18.5 Å². The van der Waals surface area contributed by atoms with Gasteiger partial charge in [-0.1, -0.05) is 11.6 Å². The summed E-state index contributed by atoms with van der Waals surface area (Å²) < 4.78 is 12.4. The van der Waals surface area contributed by atoms with E-state index in [9.17, 15) is 4.79 Å². The highest BCUT2D eigenvalue weighted by atomic mass is 35.5. The zero-order valence-electron chi connectivity index (χ0n) is 14.7. The van der Waals surface area contributed by atoms with Crippen LogP contribution in [0.25, 0.3) is 5.00 Å². The van der Waals surface area contributed by atoms with Gasteiger partial charge in [0, 0.05) is 27.6 Å². The molecule has 0 unspecified atom stereocenters. The Labute approximate surface area is 164 Å². The van der Waals surface area contributed by atoms with E-state index in [0.717, 1.165) is 21.6 Å². The van der Waals surface area contributed by atoms with Crippen molar-refractivity contribution in [3.8, 4) is 10.8 Å². The number of tetrazole rings is 1. The highest BCUT2D eigenvalue weighted by molar-refractivity contribution is 7.15. The van der Waals surface area contributed by atoms with Crippen molar-refractivity contribution in [1.29, 1.82) is 0 Å². The lowest BCUT2D eigenvalue weighted by Gasteiger charge is -2.21. The number of rotatable bonds is 4. The van der Waals surface area contributed by atoms with Crippen molar-refractivity contribution >= 4 is 28.8 Å². The number of benzene rings is 1. The molecule has 140 valence electrons. The van der Waals surface area contributed by atoms with Gasteiger partial charge in [-0.25, -0.2) is 0 Å². The number of aromatic nitrogens is 4. The molecule has 4 rings (SSSR count). The lowest BCUT2D eigenvalue weighted by molar-refractivity contribution is -0.0170. The quantitative estimate of drug-likeness (QED) is 0.717. The number of carbonyl (C=O) groups excluding carboxylic acids is 1. The van der Waals surface area contributed by atoms with Gasteiger partial charge in [-0.05, 0) is 42.0 Å². The number of nitrogens with one attached hydrogen (secondary N) is 1. The van der Waals surface area contributed by atoms with E-state index < -0.39 is 0 Å². The molecule has 3 heterocycles. The van der Waals surface area contributed by atoms with Crippen LogP contribution in [0.5, 0.6) is 5.75 Å². The number of ether oxygens (including phenoxy) is 2. The van der Waals surface area contributed by atoms with Gasteiger partial charge in [-0.3, -0.25) is 4.79 Å². The molecule has 8 nitrogen and oxygen atoms in total. The molecule has 10 heteroatoms. The molecule has 3 aromatic rings. The second-order valence-corrected chi connectivity index (χ2v) is 7.70. The molecule has 0 saturated carbocycles. The van der Waals surface area contributed by atoms with Crippen molar-refractivity contribution in [3.63, 3.8) is 0 Å². The average Bonchev–Trinajstić information content (AvgIpc) is 3.28. The number of halogens is 1. The van der Waals surface area contributed by atoms with Gasteiger partial charge in [0.15, 0.2) is 6.79 Å². The molecule has 0 aliphatic carbocycles. The third-order valence-corrected chi connectivity index (χ3v) is 5.76. The van der Waals surface area contributed by atoms with E-state index in [-0.39, 0.29) is 19.2 Å². The molecule has 0 radical (unpaired) electrons. The zero-order chi connectivity index (χ0) is 19.0. The maximum Gasteiger partial charge on any atom is 0.254 e. The van der Waals surface area contributed by atoms with Crippen molar-refractivity contribution in [2.45, 2.75) is 27.0 Å². The van der Waals surface area contributed by atoms with Crippen LogP contribution in [0.3, 0.4) is 0 Å². The van der Waals surface area contributed by atoms with Crippen molar-refractivity contribution in [1.82, 2.24) is 25.5 Å². The van der Waals surface area contributed by atoms with Crippen molar-refractivity contribution in [2.24, 2.45) is 0 Å². The molecule has 27 heavy (non-hydrogen) atoms. The minimum absolute atomic E-state index is 0.182. The average molecular weight is 406 g/mol. The minimum Gasteiger partial charge on any atom is -0.467 e. The van der Waals surface area contributed by atoms with E-state index in [2.05, 4.69) is 20.8 Å². The molecule has 0 bridgehead atoms. The molecule has 1 aromatic carbocycles. The van der Waals surface area contributed by atoms with Gasteiger partial charge < -0.3 is 14.8 Å². The summed E-state index contributed by atoms with van der Waals surface area (Å²) in [5.74, 6) is 0.507. The van der Waals surface area contributed by atoms with Crippen molar-refractivity contribution < 1.29 is 14.3 Å². The first kappa shape index (κ1) is 17.9. The highest BCUT2D eigenvalue weighted by Gasteiger charge is 2.23. The van der Waals surface area contributed by atoms with Gasteiger partial charge in [-0.2, -0.15) is 4.68 Å². The van der Waals surface area contributed by atoms with Crippen LogP contribution in [-0.4, -0.2) is 32.9 Å². The maximum absolute atomic E-state index is 12.9.